The smallest absolute Gasteiger partial charge is 0.111 e. The molecule has 0 aromatic carbocycles. The molecule has 1 N–H and O–H groups in total. The lowest BCUT2D eigenvalue weighted by Crippen LogP contribution is -2.52. The van der Waals surface area contributed by atoms with Crippen LogP contribution < -0.4 is 5.32 Å². The third kappa shape index (κ3) is 2.73. The molecule has 2 fully saturated rings. The Balaban J connectivity index is 1.86. The quantitative estimate of drug-likeness (QED) is 0.783. The molecule has 0 saturated carbocycles. The van der Waals surface area contributed by atoms with Gasteiger partial charge in [-0.25, -0.2) is 0 Å². The van der Waals surface area contributed by atoms with Gasteiger partial charge in [0.15, 0.2) is 0 Å². The summed E-state index contributed by atoms with van der Waals surface area (Å²) in [5.74, 6) is 0. The van der Waals surface area contributed by atoms with E-state index in [4.69, 9.17) is 9.47 Å². The first-order chi connectivity index (χ1) is 7.74. The van der Waals surface area contributed by atoms with Crippen molar-refractivity contribution in [2.75, 3.05) is 19.8 Å². The minimum absolute atomic E-state index is 0.172. The molecule has 0 bridgehead atoms. The highest BCUT2D eigenvalue weighted by Crippen LogP contribution is 2.24. The van der Waals surface area contributed by atoms with E-state index in [1.54, 1.807) is 0 Å². The van der Waals surface area contributed by atoms with E-state index in [9.17, 15) is 5.26 Å². The monoisotopic (exact) mass is 224 g/mol. The summed E-state index contributed by atoms with van der Waals surface area (Å²) in [6.45, 7) is 4.36. The van der Waals surface area contributed by atoms with Crippen LogP contribution in [-0.2, 0) is 9.47 Å². The Kier molecular flexibility index (Phi) is 3.80. The molecule has 4 heteroatoms. The predicted molar refractivity (Wildman–Crippen MR) is 60.0 cm³/mol. The van der Waals surface area contributed by atoms with Crippen LogP contribution in [0.2, 0.25) is 0 Å². The third-order valence-electron chi connectivity index (χ3n) is 3.47. The molecule has 4 nitrogen and oxygen atoms in total. The highest BCUT2D eigenvalue weighted by molar-refractivity contribution is 5.09. The number of nitrogens with zero attached hydrogens (tertiary/aromatic N) is 1. The second-order valence-corrected chi connectivity index (χ2v) is 4.85. The Morgan fingerprint density at radius 2 is 2.31 bits per heavy atom. The molecular weight excluding hydrogens is 204 g/mol. The van der Waals surface area contributed by atoms with Crippen LogP contribution >= 0.6 is 0 Å². The van der Waals surface area contributed by atoms with Gasteiger partial charge in [-0.15, -0.1) is 0 Å². The minimum atomic E-state index is -0.399. The lowest BCUT2D eigenvalue weighted by atomic mass is 9.88. The van der Waals surface area contributed by atoms with E-state index < -0.39 is 5.54 Å². The van der Waals surface area contributed by atoms with Crippen LogP contribution in [0.25, 0.3) is 0 Å². The standard InChI is InChI=1S/C12H20N2O2/c1-10-7-12(9-13,4-6-15-10)14-8-11-3-2-5-16-11/h10-11,14H,2-8H2,1H3. The first-order valence-corrected chi connectivity index (χ1v) is 6.14. The zero-order chi connectivity index (χ0) is 11.4. The molecule has 2 aliphatic rings. The van der Waals surface area contributed by atoms with E-state index in [0.717, 1.165) is 38.8 Å². The van der Waals surface area contributed by atoms with Gasteiger partial charge < -0.3 is 9.47 Å². The first-order valence-electron chi connectivity index (χ1n) is 6.14. The average Bonchev–Trinajstić information content (AvgIpc) is 2.79. The Hall–Kier alpha value is -0.630. The second-order valence-electron chi connectivity index (χ2n) is 4.85. The van der Waals surface area contributed by atoms with Crippen molar-refractivity contribution in [3.05, 3.63) is 0 Å². The molecule has 2 heterocycles. The largest absolute Gasteiger partial charge is 0.378 e. The van der Waals surface area contributed by atoms with Gasteiger partial charge in [-0.3, -0.25) is 5.32 Å². The molecule has 0 spiro atoms. The van der Waals surface area contributed by atoms with Crippen LogP contribution in [0.3, 0.4) is 0 Å². The van der Waals surface area contributed by atoms with Gasteiger partial charge in [0.05, 0.1) is 18.3 Å². The highest BCUT2D eigenvalue weighted by Gasteiger charge is 2.36. The lowest BCUT2D eigenvalue weighted by molar-refractivity contribution is -0.00696. The summed E-state index contributed by atoms with van der Waals surface area (Å²) >= 11 is 0. The van der Waals surface area contributed by atoms with Crippen molar-refractivity contribution in [3.63, 3.8) is 0 Å². The molecular formula is C12H20N2O2. The van der Waals surface area contributed by atoms with Crippen molar-refractivity contribution in [1.82, 2.24) is 5.32 Å². The number of rotatable bonds is 3. The van der Waals surface area contributed by atoms with Crippen LogP contribution in [0.4, 0.5) is 0 Å². The molecule has 3 atom stereocenters. The number of hydrogen-bond donors (Lipinski definition) is 1. The van der Waals surface area contributed by atoms with Gasteiger partial charge in [0.2, 0.25) is 0 Å². The van der Waals surface area contributed by atoms with Gasteiger partial charge in [0, 0.05) is 32.6 Å². The minimum Gasteiger partial charge on any atom is -0.378 e. The maximum absolute atomic E-state index is 9.32. The van der Waals surface area contributed by atoms with Gasteiger partial charge in [-0.2, -0.15) is 5.26 Å². The SMILES string of the molecule is CC1CC(C#N)(NCC2CCCO2)CCO1. The number of ether oxygens (including phenoxy) is 2. The number of nitrogens with one attached hydrogen (secondary N) is 1. The van der Waals surface area contributed by atoms with Gasteiger partial charge in [-0.05, 0) is 19.8 Å². The third-order valence-corrected chi connectivity index (χ3v) is 3.47. The highest BCUT2D eigenvalue weighted by atomic mass is 16.5. The van der Waals surface area contributed by atoms with Gasteiger partial charge >= 0.3 is 0 Å². The second kappa shape index (κ2) is 5.13. The van der Waals surface area contributed by atoms with Gasteiger partial charge in [0.25, 0.3) is 0 Å². The molecule has 16 heavy (non-hydrogen) atoms. The van der Waals surface area contributed by atoms with Crippen LogP contribution in [-0.4, -0.2) is 37.5 Å². The Labute approximate surface area is 96.9 Å². The fourth-order valence-corrected chi connectivity index (χ4v) is 2.50. The lowest BCUT2D eigenvalue weighted by Gasteiger charge is -2.35. The maximum Gasteiger partial charge on any atom is 0.111 e. The van der Waals surface area contributed by atoms with E-state index >= 15 is 0 Å². The van der Waals surface area contributed by atoms with Crippen LogP contribution in [0.15, 0.2) is 0 Å². The van der Waals surface area contributed by atoms with E-state index in [1.165, 1.54) is 0 Å². The Morgan fingerprint density at radius 3 is 2.94 bits per heavy atom. The summed E-state index contributed by atoms with van der Waals surface area (Å²) in [5, 5.41) is 12.7. The fraction of sp³-hybridized carbons (Fsp3) is 0.917. The van der Waals surface area contributed by atoms with Crippen molar-refractivity contribution < 1.29 is 9.47 Å². The summed E-state index contributed by atoms with van der Waals surface area (Å²) in [5.41, 5.74) is -0.399. The van der Waals surface area contributed by atoms with E-state index in [2.05, 4.69) is 11.4 Å². The normalized spacial score (nSPS) is 39.5. The van der Waals surface area contributed by atoms with Crippen LogP contribution in [0.5, 0.6) is 0 Å². The summed E-state index contributed by atoms with van der Waals surface area (Å²) in [7, 11) is 0. The van der Waals surface area contributed by atoms with Crippen LogP contribution in [0, 0.1) is 11.3 Å². The first kappa shape index (κ1) is 11.8. The van der Waals surface area contributed by atoms with Crippen molar-refractivity contribution >= 4 is 0 Å². The summed E-state index contributed by atoms with van der Waals surface area (Å²) in [4.78, 5) is 0. The van der Waals surface area contributed by atoms with Crippen molar-refractivity contribution in [2.24, 2.45) is 0 Å². The molecule has 2 rings (SSSR count). The molecule has 0 amide bonds. The topological polar surface area (TPSA) is 54.3 Å². The predicted octanol–water partition coefficient (Wildman–Crippen LogP) is 1.22. The number of hydrogen-bond acceptors (Lipinski definition) is 4. The zero-order valence-electron chi connectivity index (χ0n) is 9.87. The summed E-state index contributed by atoms with van der Waals surface area (Å²) in [6.07, 6.45) is 4.27. The maximum atomic E-state index is 9.32. The molecule has 2 aliphatic heterocycles. The van der Waals surface area contributed by atoms with E-state index in [1.807, 2.05) is 6.92 Å². The zero-order valence-corrected chi connectivity index (χ0v) is 9.87. The fourth-order valence-electron chi connectivity index (χ4n) is 2.50. The molecule has 0 aromatic heterocycles. The van der Waals surface area contributed by atoms with Gasteiger partial charge in [0.1, 0.15) is 5.54 Å². The molecule has 0 radical (unpaired) electrons. The van der Waals surface area contributed by atoms with Crippen molar-refractivity contribution in [2.45, 2.75) is 50.4 Å². The van der Waals surface area contributed by atoms with Gasteiger partial charge in [-0.1, -0.05) is 0 Å². The Bertz CT molecular complexity index is 271. The van der Waals surface area contributed by atoms with E-state index in [-0.39, 0.29) is 6.10 Å². The van der Waals surface area contributed by atoms with Crippen LogP contribution in [0.1, 0.15) is 32.6 Å². The van der Waals surface area contributed by atoms with Crippen molar-refractivity contribution in [3.8, 4) is 6.07 Å². The number of nitriles is 1. The molecule has 0 aromatic rings. The molecule has 0 aliphatic carbocycles. The molecule has 2 saturated heterocycles. The summed E-state index contributed by atoms with van der Waals surface area (Å²) < 4.78 is 11.0. The Morgan fingerprint density at radius 1 is 1.44 bits per heavy atom. The molecule has 90 valence electrons. The average molecular weight is 224 g/mol. The molecule has 3 unspecified atom stereocenters. The van der Waals surface area contributed by atoms with E-state index in [0.29, 0.717) is 12.7 Å². The summed E-state index contributed by atoms with van der Waals surface area (Å²) in [6, 6.07) is 2.43. The van der Waals surface area contributed by atoms with Crippen molar-refractivity contribution in [1.29, 1.82) is 5.26 Å².